The monoisotopic (exact) mass is 391 g/mol. The lowest BCUT2D eigenvalue weighted by atomic mass is 9.97. The van der Waals surface area contributed by atoms with Gasteiger partial charge in [0.15, 0.2) is 0 Å². The number of rotatable bonds is 6. The van der Waals surface area contributed by atoms with Crippen LogP contribution in [0.15, 0.2) is 42.6 Å². The van der Waals surface area contributed by atoms with E-state index in [-0.39, 0.29) is 17.2 Å². The van der Waals surface area contributed by atoms with Crippen LogP contribution in [-0.4, -0.2) is 34.5 Å². The summed E-state index contributed by atoms with van der Waals surface area (Å²) in [6, 6.07) is 12.3. The van der Waals surface area contributed by atoms with Crippen molar-refractivity contribution in [2.24, 2.45) is 11.3 Å². The van der Waals surface area contributed by atoms with Crippen molar-refractivity contribution in [1.82, 2.24) is 15.0 Å². The van der Waals surface area contributed by atoms with Crippen LogP contribution in [0.4, 0.5) is 11.5 Å². The Morgan fingerprint density at radius 2 is 1.93 bits per heavy atom. The number of amides is 1. The van der Waals surface area contributed by atoms with Crippen LogP contribution in [0.5, 0.6) is 0 Å². The van der Waals surface area contributed by atoms with Gasteiger partial charge in [0, 0.05) is 36.8 Å². The molecule has 1 aliphatic carbocycles. The summed E-state index contributed by atoms with van der Waals surface area (Å²) in [4.78, 5) is 19.9. The molecule has 2 aromatic heterocycles. The Labute approximate surface area is 171 Å². The number of aromatic amines is 1. The molecule has 0 unspecified atom stereocenters. The molecular weight excluding hydrogens is 362 g/mol. The van der Waals surface area contributed by atoms with Crippen LogP contribution in [-0.2, 0) is 4.79 Å². The van der Waals surface area contributed by atoms with Crippen LogP contribution in [0.3, 0.4) is 0 Å². The maximum absolute atomic E-state index is 12.2. The average molecular weight is 392 g/mol. The molecular formula is C23H29N5O. The molecule has 0 spiro atoms. The lowest BCUT2D eigenvalue weighted by molar-refractivity contribution is -0.117. The predicted octanol–water partition coefficient (Wildman–Crippen LogP) is 4.88. The van der Waals surface area contributed by atoms with Crippen LogP contribution < -0.4 is 10.7 Å². The number of aromatic nitrogens is 2. The Morgan fingerprint density at radius 3 is 2.59 bits per heavy atom. The third-order valence-corrected chi connectivity index (χ3v) is 4.96. The largest absolute Gasteiger partial charge is 0.346 e. The molecule has 1 amide bonds. The van der Waals surface area contributed by atoms with E-state index in [9.17, 15) is 4.79 Å². The van der Waals surface area contributed by atoms with E-state index in [1.54, 1.807) is 0 Å². The van der Waals surface area contributed by atoms with E-state index in [4.69, 9.17) is 0 Å². The minimum absolute atomic E-state index is 0.0655. The van der Waals surface area contributed by atoms with Crippen molar-refractivity contribution in [3.8, 4) is 11.1 Å². The number of benzene rings is 1. The fraction of sp³-hybridized carbons (Fsp3) is 0.391. The van der Waals surface area contributed by atoms with Gasteiger partial charge in [-0.05, 0) is 53.6 Å². The molecule has 0 bridgehead atoms. The molecule has 29 heavy (non-hydrogen) atoms. The number of fused-ring (bicyclic) bond motifs is 1. The predicted molar refractivity (Wildman–Crippen MR) is 119 cm³/mol. The molecule has 0 aliphatic heterocycles. The van der Waals surface area contributed by atoms with E-state index in [0.29, 0.717) is 5.82 Å². The number of carbonyl (C=O) groups is 1. The van der Waals surface area contributed by atoms with Crippen LogP contribution >= 0.6 is 0 Å². The topological polar surface area (TPSA) is 73.0 Å². The smallest absolute Gasteiger partial charge is 0.228 e. The molecule has 1 aliphatic rings. The number of nitrogens with zero attached hydrogens (tertiary/aromatic N) is 2. The Hall–Kier alpha value is -2.86. The summed E-state index contributed by atoms with van der Waals surface area (Å²) in [6.07, 6.45) is 3.83. The summed E-state index contributed by atoms with van der Waals surface area (Å²) in [5.41, 5.74) is 7.61. The van der Waals surface area contributed by atoms with E-state index in [1.807, 2.05) is 18.3 Å². The first-order valence-electron chi connectivity index (χ1n) is 10.2. The van der Waals surface area contributed by atoms with Gasteiger partial charge in [-0.1, -0.05) is 32.9 Å². The highest BCUT2D eigenvalue weighted by molar-refractivity contribution is 5.99. The van der Waals surface area contributed by atoms with Crippen LogP contribution in [0.1, 0.15) is 33.6 Å². The van der Waals surface area contributed by atoms with E-state index >= 15 is 0 Å². The Kier molecular flexibility index (Phi) is 5.04. The summed E-state index contributed by atoms with van der Waals surface area (Å²) in [5.74, 6) is 0.810. The lowest BCUT2D eigenvalue weighted by Gasteiger charge is -2.27. The first kappa shape index (κ1) is 19.5. The summed E-state index contributed by atoms with van der Waals surface area (Å²) in [5, 5.41) is 6.12. The van der Waals surface area contributed by atoms with Gasteiger partial charge in [0.2, 0.25) is 5.91 Å². The average Bonchev–Trinajstić information content (AvgIpc) is 3.38. The minimum atomic E-state index is 0.0655. The number of nitrogens with one attached hydrogen (secondary N) is 3. The van der Waals surface area contributed by atoms with Gasteiger partial charge in [-0.3, -0.25) is 4.79 Å². The molecule has 3 N–H and O–H groups in total. The number of pyridine rings is 1. The number of H-pyrrole nitrogens is 1. The van der Waals surface area contributed by atoms with Crippen LogP contribution in [0.25, 0.3) is 22.2 Å². The number of anilines is 2. The van der Waals surface area contributed by atoms with E-state index in [1.165, 1.54) is 0 Å². The molecule has 152 valence electrons. The van der Waals surface area contributed by atoms with Gasteiger partial charge in [0.25, 0.3) is 0 Å². The molecule has 6 heteroatoms. The summed E-state index contributed by atoms with van der Waals surface area (Å²) >= 11 is 0. The molecule has 1 fully saturated rings. The highest BCUT2D eigenvalue weighted by atomic mass is 16.2. The molecule has 0 saturated heterocycles. The first-order chi connectivity index (χ1) is 13.8. The number of hydrogen-bond donors (Lipinski definition) is 3. The minimum Gasteiger partial charge on any atom is -0.346 e. The zero-order valence-corrected chi connectivity index (χ0v) is 17.5. The second-order valence-electron chi connectivity index (χ2n) is 9.16. The van der Waals surface area contributed by atoms with E-state index in [2.05, 4.69) is 77.8 Å². The molecule has 3 aromatic rings. The van der Waals surface area contributed by atoms with Crippen molar-refractivity contribution < 1.29 is 4.79 Å². The van der Waals surface area contributed by atoms with Crippen molar-refractivity contribution in [3.63, 3.8) is 0 Å². The van der Waals surface area contributed by atoms with Crippen molar-refractivity contribution >= 4 is 28.4 Å². The molecule has 2 heterocycles. The highest BCUT2D eigenvalue weighted by Gasteiger charge is 2.30. The van der Waals surface area contributed by atoms with Gasteiger partial charge >= 0.3 is 0 Å². The van der Waals surface area contributed by atoms with Crippen LogP contribution in [0, 0.1) is 11.3 Å². The Balaban J connectivity index is 1.57. The second kappa shape index (κ2) is 7.52. The van der Waals surface area contributed by atoms with Crippen molar-refractivity contribution in [1.29, 1.82) is 0 Å². The zero-order valence-electron chi connectivity index (χ0n) is 17.5. The maximum atomic E-state index is 12.2. The highest BCUT2D eigenvalue weighted by Crippen LogP contribution is 2.33. The van der Waals surface area contributed by atoms with Gasteiger partial charge in [-0.25, -0.2) is 9.99 Å². The zero-order chi connectivity index (χ0) is 20.6. The molecule has 1 saturated carbocycles. The van der Waals surface area contributed by atoms with Gasteiger partial charge in [-0.15, -0.1) is 0 Å². The second-order valence-corrected chi connectivity index (χ2v) is 9.16. The normalized spacial score (nSPS) is 14.4. The molecule has 0 atom stereocenters. The Morgan fingerprint density at radius 1 is 1.21 bits per heavy atom. The lowest BCUT2D eigenvalue weighted by Crippen LogP contribution is -2.33. The van der Waals surface area contributed by atoms with Gasteiger partial charge in [0.1, 0.15) is 11.5 Å². The van der Waals surface area contributed by atoms with E-state index in [0.717, 1.165) is 47.2 Å². The van der Waals surface area contributed by atoms with Gasteiger partial charge < -0.3 is 15.7 Å². The molecule has 0 radical (unpaired) electrons. The number of carbonyl (C=O) groups excluding carboxylic acids is 1. The van der Waals surface area contributed by atoms with Crippen molar-refractivity contribution in [2.45, 2.75) is 33.6 Å². The standard InChI is InChI=1S/C23H29N5O/c1-23(2,3)14-28(4)27-17-9-7-15(8-10-17)19-13-20(26-22(29)16-5-6-16)25-21-18(19)11-12-24-21/h7-13,16,27H,5-6,14H2,1-4H3,(H2,24,25,26,29). The van der Waals surface area contributed by atoms with Gasteiger partial charge in [0.05, 0.1) is 0 Å². The molecule has 4 rings (SSSR count). The third kappa shape index (κ3) is 4.77. The summed E-state index contributed by atoms with van der Waals surface area (Å²) < 4.78 is 0. The fourth-order valence-electron chi connectivity index (χ4n) is 3.61. The number of hydrazine groups is 1. The quantitative estimate of drug-likeness (QED) is 0.524. The first-order valence-corrected chi connectivity index (χ1v) is 10.2. The van der Waals surface area contributed by atoms with Gasteiger partial charge in [-0.2, -0.15) is 0 Å². The maximum Gasteiger partial charge on any atom is 0.228 e. The molecule has 6 nitrogen and oxygen atoms in total. The summed E-state index contributed by atoms with van der Waals surface area (Å²) in [7, 11) is 2.06. The molecule has 1 aromatic carbocycles. The van der Waals surface area contributed by atoms with Crippen LogP contribution in [0.2, 0.25) is 0 Å². The van der Waals surface area contributed by atoms with Crippen molar-refractivity contribution in [3.05, 3.63) is 42.6 Å². The Bertz CT molecular complexity index is 1010. The summed E-state index contributed by atoms with van der Waals surface area (Å²) in [6.45, 7) is 7.60. The van der Waals surface area contributed by atoms with E-state index < -0.39 is 0 Å². The number of hydrogen-bond acceptors (Lipinski definition) is 4. The SMILES string of the molecule is CN(CC(C)(C)C)Nc1ccc(-c2cc(NC(=O)C3CC3)nc3[nH]ccc23)cc1. The van der Waals surface area contributed by atoms with Crippen molar-refractivity contribution in [2.75, 3.05) is 24.3 Å². The third-order valence-electron chi connectivity index (χ3n) is 4.96. The fourth-order valence-corrected chi connectivity index (χ4v) is 3.61.